The summed E-state index contributed by atoms with van der Waals surface area (Å²) in [5.74, 6) is 1.22. The Kier molecular flexibility index (Phi) is 3.49. The first-order valence-corrected chi connectivity index (χ1v) is 6.95. The zero-order valence-electron chi connectivity index (χ0n) is 12.0. The van der Waals surface area contributed by atoms with E-state index in [2.05, 4.69) is 37.8 Å². The van der Waals surface area contributed by atoms with Gasteiger partial charge in [0.2, 0.25) is 0 Å². The maximum atomic E-state index is 10.9. The number of nitrogens with zero attached hydrogens (tertiary/aromatic N) is 3. The number of aromatic nitrogens is 3. The molecule has 4 heteroatoms. The first-order chi connectivity index (χ1) is 8.36. The van der Waals surface area contributed by atoms with Gasteiger partial charge in [-0.25, -0.2) is 4.98 Å². The molecule has 102 valence electrons. The van der Waals surface area contributed by atoms with E-state index in [1.54, 1.807) is 6.33 Å². The summed E-state index contributed by atoms with van der Waals surface area (Å²) in [5.41, 5.74) is -0.264. The van der Waals surface area contributed by atoms with Gasteiger partial charge in [0, 0.05) is 13.0 Å². The Morgan fingerprint density at radius 3 is 2.78 bits per heavy atom. The highest BCUT2D eigenvalue weighted by atomic mass is 16.3. The van der Waals surface area contributed by atoms with Crippen LogP contribution in [0.25, 0.3) is 0 Å². The summed E-state index contributed by atoms with van der Waals surface area (Å²) in [7, 11) is 0. The molecular formula is C14H25N3O. The molecule has 1 aromatic rings. The summed E-state index contributed by atoms with van der Waals surface area (Å²) in [4.78, 5) is 4.29. The van der Waals surface area contributed by atoms with E-state index < -0.39 is 5.60 Å². The Hall–Kier alpha value is -0.900. The van der Waals surface area contributed by atoms with Crippen LogP contribution in [-0.4, -0.2) is 25.5 Å². The van der Waals surface area contributed by atoms with Gasteiger partial charge >= 0.3 is 0 Å². The van der Waals surface area contributed by atoms with Gasteiger partial charge in [0.05, 0.1) is 5.60 Å². The predicted molar refractivity (Wildman–Crippen MR) is 71.1 cm³/mol. The van der Waals surface area contributed by atoms with E-state index in [-0.39, 0.29) is 0 Å². The van der Waals surface area contributed by atoms with Crippen molar-refractivity contribution in [1.82, 2.24) is 14.8 Å². The van der Waals surface area contributed by atoms with Crippen LogP contribution in [0.5, 0.6) is 0 Å². The van der Waals surface area contributed by atoms with Crippen LogP contribution in [0.4, 0.5) is 0 Å². The Morgan fingerprint density at radius 1 is 1.44 bits per heavy atom. The molecule has 1 saturated carbocycles. The third kappa shape index (κ3) is 2.58. The highest BCUT2D eigenvalue weighted by molar-refractivity contribution is 5.01. The fraction of sp³-hybridized carbons (Fsp3) is 0.857. The van der Waals surface area contributed by atoms with Gasteiger partial charge < -0.3 is 5.11 Å². The molecule has 0 aliphatic heterocycles. The molecule has 1 aromatic heterocycles. The molecule has 1 heterocycles. The van der Waals surface area contributed by atoms with Crippen LogP contribution in [0.1, 0.15) is 52.8 Å². The summed E-state index contributed by atoms with van der Waals surface area (Å²) in [5, 5.41) is 15.1. The van der Waals surface area contributed by atoms with Gasteiger partial charge in [-0.2, -0.15) is 5.10 Å². The number of hydrogen-bond acceptors (Lipinski definition) is 3. The lowest BCUT2D eigenvalue weighted by molar-refractivity contribution is -0.0721. The van der Waals surface area contributed by atoms with Crippen molar-refractivity contribution in [3.63, 3.8) is 0 Å². The normalized spacial score (nSPS) is 31.5. The quantitative estimate of drug-likeness (QED) is 0.897. The number of rotatable bonds is 3. The lowest BCUT2D eigenvalue weighted by atomic mass is 9.64. The molecule has 2 unspecified atom stereocenters. The average molecular weight is 251 g/mol. The third-order valence-electron chi connectivity index (χ3n) is 4.47. The first-order valence-electron chi connectivity index (χ1n) is 6.95. The maximum absolute atomic E-state index is 10.9. The third-order valence-corrected chi connectivity index (χ3v) is 4.47. The molecule has 4 nitrogen and oxygen atoms in total. The van der Waals surface area contributed by atoms with E-state index in [1.165, 1.54) is 0 Å². The summed E-state index contributed by atoms with van der Waals surface area (Å²) >= 11 is 0. The van der Waals surface area contributed by atoms with Gasteiger partial charge in [-0.1, -0.05) is 20.8 Å². The van der Waals surface area contributed by atoms with Crippen molar-refractivity contribution in [1.29, 1.82) is 0 Å². The van der Waals surface area contributed by atoms with E-state index in [9.17, 15) is 5.11 Å². The summed E-state index contributed by atoms with van der Waals surface area (Å²) in [6, 6.07) is 0. The summed E-state index contributed by atoms with van der Waals surface area (Å²) < 4.78 is 1.88. The van der Waals surface area contributed by atoms with Gasteiger partial charge in [-0.05, 0) is 37.5 Å². The molecule has 18 heavy (non-hydrogen) atoms. The highest BCUT2D eigenvalue weighted by Gasteiger charge is 2.43. The van der Waals surface area contributed by atoms with E-state index >= 15 is 0 Å². The van der Waals surface area contributed by atoms with Gasteiger partial charge in [0.25, 0.3) is 0 Å². The minimum Gasteiger partial charge on any atom is -0.389 e. The molecular weight excluding hydrogens is 226 g/mol. The Bertz CT molecular complexity index is 413. The second-order valence-electron chi connectivity index (χ2n) is 6.54. The van der Waals surface area contributed by atoms with Crippen LogP contribution < -0.4 is 0 Å². The Balaban J connectivity index is 2.13. The lowest BCUT2D eigenvalue weighted by Crippen LogP contribution is -2.46. The molecule has 2 rings (SSSR count). The molecule has 1 N–H and O–H groups in total. The van der Waals surface area contributed by atoms with E-state index in [4.69, 9.17) is 0 Å². The van der Waals surface area contributed by atoms with Crippen molar-refractivity contribution in [3.8, 4) is 0 Å². The highest BCUT2D eigenvalue weighted by Crippen LogP contribution is 2.44. The van der Waals surface area contributed by atoms with Crippen LogP contribution in [0.15, 0.2) is 6.33 Å². The van der Waals surface area contributed by atoms with Crippen molar-refractivity contribution in [2.24, 2.45) is 11.3 Å². The molecule has 2 atom stereocenters. The van der Waals surface area contributed by atoms with E-state index in [0.29, 0.717) is 17.8 Å². The molecule has 1 aliphatic rings. The fourth-order valence-electron chi connectivity index (χ4n) is 3.15. The fourth-order valence-corrected chi connectivity index (χ4v) is 3.15. The van der Waals surface area contributed by atoms with Crippen LogP contribution in [0, 0.1) is 11.3 Å². The van der Waals surface area contributed by atoms with E-state index in [0.717, 1.165) is 31.6 Å². The summed E-state index contributed by atoms with van der Waals surface area (Å²) in [6.45, 7) is 9.60. The zero-order valence-corrected chi connectivity index (χ0v) is 12.0. The number of aliphatic hydroxyl groups is 1. The predicted octanol–water partition coefficient (Wildman–Crippen LogP) is 2.42. The lowest BCUT2D eigenvalue weighted by Gasteiger charge is -2.45. The zero-order chi connectivity index (χ0) is 13.4. The van der Waals surface area contributed by atoms with Crippen LogP contribution >= 0.6 is 0 Å². The van der Waals surface area contributed by atoms with Crippen molar-refractivity contribution >= 4 is 0 Å². The van der Waals surface area contributed by atoms with Crippen LogP contribution in [-0.2, 0) is 13.0 Å². The number of hydrogen-bond donors (Lipinski definition) is 1. The van der Waals surface area contributed by atoms with Gasteiger partial charge in [0.1, 0.15) is 12.2 Å². The minimum absolute atomic E-state index is 0.309. The maximum Gasteiger partial charge on any atom is 0.138 e. The largest absolute Gasteiger partial charge is 0.389 e. The second kappa shape index (κ2) is 4.65. The van der Waals surface area contributed by atoms with Gasteiger partial charge in [-0.15, -0.1) is 0 Å². The average Bonchev–Trinajstić information content (AvgIpc) is 2.71. The standard InChI is InChI=1S/C14H25N3O/c1-5-17-12(15-10-16-17)9-14(18)7-6-13(3,4)8-11(14)2/h10-11,18H,5-9H2,1-4H3. The molecule has 0 amide bonds. The van der Waals surface area contributed by atoms with E-state index in [1.807, 2.05) is 4.68 Å². The molecule has 0 bridgehead atoms. The van der Waals surface area contributed by atoms with Crippen molar-refractivity contribution in [3.05, 3.63) is 12.2 Å². The Morgan fingerprint density at radius 2 is 2.17 bits per heavy atom. The Labute approximate surface area is 109 Å². The molecule has 1 aliphatic carbocycles. The number of aryl methyl sites for hydroxylation is 1. The minimum atomic E-state index is -0.616. The molecule has 0 aromatic carbocycles. The molecule has 1 fully saturated rings. The molecule has 0 saturated heterocycles. The van der Waals surface area contributed by atoms with Gasteiger partial charge in [0.15, 0.2) is 0 Å². The smallest absolute Gasteiger partial charge is 0.138 e. The van der Waals surface area contributed by atoms with Crippen molar-refractivity contribution in [2.75, 3.05) is 0 Å². The second-order valence-corrected chi connectivity index (χ2v) is 6.54. The monoisotopic (exact) mass is 251 g/mol. The molecule has 0 spiro atoms. The molecule has 0 radical (unpaired) electrons. The SMILES string of the molecule is CCn1ncnc1CC1(O)CCC(C)(C)CC1C. The van der Waals surface area contributed by atoms with Gasteiger partial charge in [-0.3, -0.25) is 4.68 Å². The first kappa shape index (κ1) is 13.5. The van der Waals surface area contributed by atoms with Crippen molar-refractivity contribution < 1.29 is 5.11 Å². The van der Waals surface area contributed by atoms with Crippen LogP contribution in [0.2, 0.25) is 0 Å². The van der Waals surface area contributed by atoms with Crippen LogP contribution in [0.3, 0.4) is 0 Å². The summed E-state index contributed by atoms with van der Waals surface area (Å²) in [6.07, 6.45) is 5.22. The van der Waals surface area contributed by atoms with Crippen molar-refractivity contribution in [2.45, 2.75) is 65.5 Å². The topological polar surface area (TPSA) is 50.9 Å².